The number of carbonyl (C=O) groups excluding carboxylic acids is 2. The molecule has 1 saturated carbocycles. The summed E-state index contributed by atoms with van der Waals surface area (Å²) < 4.78 is 5.92. The number of halogens is 1. The lowest BCUT2D eigenvalue weighted by atomic mass is 10.1. The van der Waals surface area contributed by atoms with Crippen molar-refractivity contribution in [1.29, 1.82) is 0 Å². The van der Waals surface area contributed by atoms with Crippen LogP contribution in [0.3, 0.4) is 0 Å². The zero-order valence-corrected chi connectivity index (χ0v) is 20.2. The minimum atomic E-state index is -0.636. The van der Waals surface area contributed by atoms with Crippen molar-refractivity contribution >= 4 is 23.4 Å². The quantitative estimate of drug-likeness (QED) is 0.599. The molecule has 3 rings (SSSR count). The van der Waals surface area contributed by atoms with Gasteiger partial charge in [-0.3, -0.25) is 9.59 Å². The molecule has 6 heteroatoms. The first-order valence-electron chi connectivity index (χ1n) is 11.3. The normalized spacial score (nSPS) is 14.8. The Balaban J connectivity index is 1.76. The molecule has 1 N–H and O–H groups in total. The van der Waals surface area contributed by atoms with Gasteiger partial charge in [0.1, 0.15) is 11.8 Å². The van der Waals surface area contributed by atoms with E-state index in [0.717, 1.165) is 47.9 Å². The molecule has 0 saturated heterocycles. The fourth-order valence-electron chi connectivity index (χ4n) is 4.16. The predicted molar refractivity (Wildman–Crippen MR) is 128 cm³/mol. The number of aryl methyl sites for hydroxylation is 2. The molecule has 1 fully saturated rings. The Kier molecular flexibility index (Phi) is 8.19. The molecule has 2 aromatic carbocycles. The Morgan fingerprint density at radius 1 is 1.16 bits per heavy atom. The third-order valence-electron chi connectivity index (χ3n) is 6.28. The van der Waals surface area contributed by atoms with Crippen molar-refractivity contribution in [2.75, 3.05) is 6.61 Å². The average Bonchev–Trinajstić information content (AvgIpc) is 3.27. The molecule has 0 unspecified atom stereocenters. The van der Waals surface area contributed by atoms with Crippen LogP contribution in [0.2, 0.25) is 5.02 Å². The number of benzene rings is 2. The van der Waals surface area contributed by atoms with Crippen LogP contribution in [0.1, 0.15) is 54.9 Å². The highest BCUT2D eigenvalue weighted by molar-refractivity contribution is 6.31. The number of nitrogens with zero attached hydrogens (tertiary/aromatic N) is 1. The lowest BCUT2D eigenvalue weighted by Crippen LogP contribution is -2.50. The van der Waals surface area contributed by atoms with E-state index < -0.39 is 6.04 Å². The van der Waals surface area contributed by atoms with Gasteiger partial charge in [-0.1, -0.05) is 48.7 Å². The molecule has 2 aromatic rings. The summed E-state index contributed by atoms with van der Waals surface area (Å²) in [7, 11) is 0. The molecular formula is C26H33ClN2O3. The molecule has 0 bridgehead atoms. The highest BCUT2D eigenvalue weighted by atomic mass is 35.5. The summed E-state index contributed by atoms with van der Waals surface area (Å²) >= 11 is 6.35. The van der Waals surface area contributed by atoms with Gasteiger partial charge in [-0.25, -0.2) is 0 Å². The van der Waals surface area contributed by atoms with Crippen molar-refractivity contribution in [2.24, 2.45) is 0 Å². The van der Waals surface area contributed by atoms with E-state index in [1.54, 1.807) is 17.9 Å². The Hall–Kier alpha value is -2.53. The van der Waals surface area contributed by atoms with Crippen molar-refractivity contribution in [3.05, 3.63) is 63.7 Å². The van der Waals surface area contributed by atoms with Crippen LogP contribution in [-0.4, -0.2) is 35.4 Å². The van der Waals surface area contributed by atoms with Gasteiger partial charge in [0, 0.05) is 17.6 Å². The summed E-state index contributed by atoms with van der Waals surface area (Å²) in [5.74, 6) is 0.300. The number of carbonyl (C=O) groups is 2. The minimum absolute atomic E-state index is 0.139. The lowest BCUT2D eigenvalue weighted by molar-refractivity contribution is -0.142. The van der Waals surface area contributed by atoms with Crippen molar-refractivity contribution in [1.82, 2.24) is 10.2 Å². The maximum atomic E-state index is 13.3. The second-order valence-corrected chi connectivity index (χ2v) is 9.18. The highest BCUT2D eigenvalue weighted by Gasteiger charge is 2.29. The van der Waals surface area contributed by atoms with Gasteiger partial charge < -0.3 is 15.0 Å². The molecular weight excluding hydrogens is 424 g/mol. The molecule has 0 spiro atoms. The second-order valence-electron chi connectivity index (χ2n) is 8.77. The minimum Gasteiger partial charge on any atom is -0.483 e. The van der Waals surface area contributed by atoms with Crippen molar-refractivity contribution in [3.63, 3.8) is 0 Å². The predicted octanol–water partition coefficient (Wildman–Crippen LogP) is 5.12. The van der Waals surface area contributed by atoms with Crippen LogP contribution >= 0.6 is 11.6 Å². The fourth-order valence-corrected chi connectivity index (χ4v) is 4.35. The SMILES string of the molecule is Cc1cc(C)c(C)c(OCC(=O)N(Cc2ccccc2Cl)[C@H](C)C(=O)NC2CCCC2)c1. The van der Waals surface area contributed by atoms with E-state index in [9.17, 15) is 9.59 Å². The third-order valence-corrected chi connectivity index (χ3v) is 6.65. The van der Waals surface area contributed by atoms with Crippen molar-refractivity contribution in [3.8, 4) is 5.75 Å². The molecule has 1 aliphatic rings. The first kappa shape index (κ1) is 24.1. The monoisotopic (exact) mass is 456 g/mol. The fraction of sp³-hybridized carbons (Fsp3) is 0.462. The summed E-state index contributed by atoms with van der Waals surface area (Å²) in [5, 5.41) is 3.67. The number of hydrogen-bond donors (Lipinski definition) is 1. The molecule has 1 atom stereocenters. The molecule has 172 valence electrons. The standard InChI is InChI=1S/C26H33ClN2O3/c1-17-13-18(2)19(3)24(14-17)32-16-25(30)29(15-21-9-5-8-12-23(21)27)20(4)26(31)28-22-10-6-7-11-22/h5,8-9,12-14,20,22H,6-7,10-11,15-16H2,1-4H3,(H,28,31)/t20-/m1/s1. The first-order valence-corrected chi connectivity index (χ1v) is 11.7. The number of hydrogen-bond acceptors (Lipinski definition) is 3. The van der Waals surface area contributed by atoms with Gasteiger partial charge in [-0.15, -0.1) is 0 Å². The second kappa shape index (κ2) is 10.9. The molecule has 32 heavy (non-hydrogen) atoms. The van der Waals surface area contributed by atoms with Gasteiger partial charge in [-0.2, -0.15) is 0 Å². The molecule has 0 aromatic heterocycles. The van der Waals surface area contributed by atoms with E-state index in [0.29, 0.717) is 10.8 Å². The summed E-state index contributed by atoms with van der Waals surface area (Å²) in [6, 6.07) is 11.0. The van der Waals surface area contributed by atoms with Crippen LogP contribution in [0.25, 0.3) is 0 Å². The summed E-state index contributed by atoms with van der Waals surface area (Å²) in [6.45, 7) is 7.87. The molecule has 1 aliphatic carbocycles. The van der Waals surface area contributed by atoms with Crippen LogP contribution in [-0.2, 0) is 16.1 Å². The average molecular weight is 457 g/mol. The molecule has 0 heterocycles. The Bertz CT molecular complexity index is 970. The van der Waals surface area contributed by atoms with Gasteiger partial charge in [-0.05, 0) is 74.9 Å². The lowest BCUT2D eigenvalue weighted by Gasteiger charge is -2.30. The Morgan fingerprint density at radius 2 is 1.84 bits per heavy atom. The largest absolute Gasteiger partial charge is 0.483 e. The van der Waals surface area contributed by atoms with Gasteiger partial charge in [0.15, 0.2) is 6.61 Å². The third kappa shape index (κ3) is 6.04. The van der Waals surface area contributed by atoms with Crippen LogP contribution in [0.5, 0.6) is 5.75 Å². The summed E-state index contributed by atoms with van der Waals surface area (Å²) in [6.07, 6.45) is 4.24. The topological polar surface area (TPSA) is 58.6 Å². The Morgan fingerprint density at radius 3 is 2.53 bits per heavy atom. The van der Waals surface area contributed by atoms with Gasteiger partial charge in [0.25, 0.3) is 5.91 Å². The van der Waals surface area contributed by atoms with Gasteiger partial charge in [0.05, 0.1) is 0 Å². The number of nitrogens with one attached hydrogen (secondary N) is 1. The molecule has 2 amide bonds. The maximum Gasteiger partial charge on any atom is 0.261 e. The van der Waals surface area contributed by atoms with Crippen LogP contribution in [0.4, 0.5) is 0 Å². The zero-order valence-electron chi connectivity index (χ0n) is 19.4. The van der Waals surface area contributed by atoms with Gasteiger partial charge >= 0.3 is 0 Å². The highest BCUT2D eigenvalue weighted by Crippen LogP contribution is 2.24. The smallest absolute Gasteiger partial charge is 0.261 e. The summed E-state index contributed by atoms with van der Waals surface area (Å²) in [5.41, 5.74) is 4.00. The van der Waals surface area contributed by atoms with Crippen molar-refractivity contribution in [2.45, 2.75) is 72.0 Å². The van der Waals surface area contributed by atoms with E-state index in [1.807, 2.05) is 45.0 Å². The number of amides is 2. The maximum absolute atomic E-state index is 13.3. The first-order chi connectivity index (χ1) is 15.3. The van der Waals surface area contributed by atoms with Gasteiger partial charge in [0.2, 0.25) is 5.91 Å². The van der Waals surface area contributed by atoms with Crippen LogP contribution < -0.4 is 10.1 Å². The molecule has 0 aliphatic heterocycles. The van der Waals surface area contributed by atoms with Crippen molar-refractivity contribution < 1.29 is 14.3 Å². The van der Waals surface area contributed by atoms with E-state index in [-0.39, 0.29) is 31.0 Å². The van der Waals surface area contributed by atoms with E-state index >= 15 is 0 Å². The van der Waals surface area contributed by atoms with E-state index in [2.05, 4.69) is 11.4 Å². The van der Waals surface area contributed by atoms with E-state index in [1.165, 1.54) is 0 Å². The molecule has 0 radical (unpaired) electrons. The van der Waals surface area contributed by atoms with E-state index in [4.69, 9.17) is 16.3 Å². The van der Waals surface area contributed by atoms with Crippen LogP contribution in [0.15, 0.2) is 36.4 Å². The Labute approximate surface area is 196 Å². The number of ether oxygens (including phenoxy) is 1. The molecule has 5 nitrogen and oxygen atoms in total. The van der Waals surface area contributed by atoms with Crippen LogP contribution in [0, 0.1) is 20.8 Å². The summed E-state index contributed by atoms with van der Waals surface area (Å²) in [4.78, 5) is 27.8. The number of rotatable bonds is 8. The zero-order chi connectivity index (χ0) is 23.3.